The van der Waals surface area contributed by atoms with E-state index >= 15 is 0 Å². The standard InChI is InChI=1S/C13H12BrNO5/c1-7(16)15-11(13(18)19)6-9-3-4-12(10(14)5-9)20-8(2)17/h3-6H,1-2H3,(H,15,16)(H,18,19)/b11-6-. The van der Waals surface area contributed by atoms with E-state index in [1.165, 1.54) is 26.0 Å². The molecule has 1 aromatic carbocycles. The number of amides is 1. The number of esters is 1. The minimum atomic E-state index is -1.25. The van der Waals surface area contributed by atoms with Gasteiger partial charge < -0.3 is 15.2 Å². The normalized spacial score (nSPS) is 10.8. The highest BCUT2D eigenvalue weighted by atomic mass is 79.9. The zero-order chi connectivity index (χ0) is 15.3. The van der Waals surface area contributed by atoms with Crippen LogP contribution in [0, 0.1) is 0 Å². The lowest BCUT2D eigenvalue weighted by Crippen LogP contribution is -2.24. The lowest BCUT2D eigenvalue weighted by atomic mass is 10.2. The SMILES string of the molecule is CC(=O)N/C(=C\c1ccc(OC(C)=O)c(Br)c1)C(=O)O. The highest BCUT2D eigenvalue weighted by Gasteiger charge is 2.10. The number of rotatable bonds is 4. The molecule has 0 saturated carbocycles. The Bertz CT molecular complexity index is 594. The molecule has 0 spiro atoms. The summed E-state index contributed by atoms with van der Waals surface area (Å²) < 4.78 is 5.42. The first-order chi connectivity index (χ1) is 9.29. The third-order valence-corrected chi connectivity index (χ3v) is 2.68. The summed E-state index contributed by atoms with van der Waals surface area (Å²) >= 11 is 3.21. The predicted octanol–water partition coefficient (Wildman–Crippen LogP) is 1.94. The van der Waals surface area contributed by atoms with Crippen molar-refractivity contribution in [1.82, 2.24) is 5.32 Å². The molecular weight excluding hydrogens is 330 g/mol. The first-order valence-electron chi connectivity index (χ1n) is 5.50. The number of benzene rings is 1. The average Bonchev–Trinajstić information content (AvgIpc) is 2.30. The van der Waals surface area contributed by atoms with Crippen molar-refractivity contribution in [3.63, 3.8) is 0 Å². The van der Waals surface area contributed by atoms with Gasteiger partial charge in [-0.25, -0.2) is 4.79 Å². The molecule has 0 aromatic heterocycles. The number of carboxylic acid groups (broad SMARTS) is 1. The molecule has 1 aromatic rings. The van der Waals surface area contributed by atoms with Gasteiger partial charge in [-0.15, -0.1) is 0 Å². The lowest BCUT2D eigenvalue weighted by molar-refractivity contribution is -0.134. The summed E-state index contributed by atoms with van der Waals surface area (Å²) in [6.45, 7) is 2.50. The van der Waals surface area contributed by atoms with E-state index in [1.807, 2.05) is 0 Å². The van der Waals surface area contributed by atoms with Gasteiger partial charge in [-0.1, -0.05) is 6.07 Å². The smallest absolute Gasteiger partial charge is 0.352 e. The van der Waals surface area contributed by atoms with Crippen LogP contribution in [0.4, 0.5) is 0 Å². The van der Waals surface area contributed by atoms with Gasteiger partial charge in [-0.05, 0) is 39.7 Å². The van der Waals surface area contributed by atoms with Crippen LogP contribution in [0.2, 0.25) is 0 Å². The summed E-state index contributed by atoms with van der Waals surface area (Å²) in [5.41, 5.74) is 0.281. The van der Waals surface area contributed by atoms with Gasteiger partial charge in [-0.2, -0.15) is 0 Å². The summed E-state index contributed by atoms with van der Waals surface area (Å²) in [4.78, 5) is 32.7. The van der Waals surface area contributed by atoms with Gasteiger partial charge in [0.05, 0.1) is 4.47 Å². The molecule has 1 rings (SSSR count). The number of hydrogen-bond acceptors (Lipinski definition) is 4. The maximum absolute atomic E-state index is 11.0. The van der Waals surface area contributed by atoms with Gasteiger partial charge in [0.15, 0.2) is 0 Å². The van der Waals surface area contributed by atoms with Crippen molar-refractivity contribution in [1.29, 1.82) is 0 Å². The van der Waals surface area contributed by atoms with Gasteiger partial charge in [0.2, 0.25) is 5.91 Å². The highest BCUT2D eigenvalue weighted by Crippen LogP contribution is 2.27. The van der Waals surface area contributed by atoms with Crippen molar-refractivity contribution in [3.8, 4) is 5.75 Å². The first kappa shape index (κ1) is 15.9. The van der Waals surface area contributed by atoms with Crippen molar-refractivity contribution in [2.24, 2.45) is 0 Å². The molecule has 0 atom stereocenters. The molecule has 0 aliphatic heterocycles. The second-order valence-corrected chi connectivity index (χ2v) is 4.68. The molecule has 6 nitrogen and oxygen atoms in total. The molecule has 20 heavy (non-hydrogen) atoms. The predicted molar refractivity (Wildman–Crippen MR) is 74.9 cm³/mol. The van der Waals surface area contributed by atoms with E-state index in [9.17, 15) is 14.4 Å². The Balaban J connectivity index is 3.07. The Hall–Kier alpha value is -2.15. The minimum absolute atomic E-state index is 0.246. The van der Waals surface area contributed by atoms with Crippen LogP contribution in [-0.2, 0) is 14.4 Å². The molecule has 0 heterocycles. The Morgan fingerprint density at radius 3 is 2.40 bits per heavy atom. The van der Waals surface area contributed by atoms with Crippen molar-refractivity contribution >= 4 is 39.9 Å². The van der Waals surface area contributed by atoms with Crippen LogP contribution in [0.3, 0.4) is 0 Å². The summed E-state index contributed by atoms with van der Waals surface area (Å²) in [5.74, 6) is -1.86. The van der Waals surface area contributed by atoms with E-state index in [2.05, 4.69) is 21.2 Å². The fourth-order valence-corrected chi connectivity index (χ4v) is 1.83. The number of halogens is 1. The zero-order valence-electron chi connectivity index (χ0n) is 10.8. The molecule has 106 valence electrons. The fourth-order valence-electron chi connectivity index (χ4n) is 1.35. The summed E-state index contributed by atoms with van der Waals surface area (Å²) in [5, 5.41) is 11.2. The van der Waals surface area contributed by atoms with Crippen molar-refractivity contribution in [3.05, 3.63) is 33.9 Å². The molecule has 7 heteroatoms. The number of carboxylic acids is 1. The van der Waals surface area contributed by atoms with E-state index in [-0.39, 0.29) is 5.70 Å². The van der Waals surface area contributed by atoms with Gasteiger partial charge in [0, 0.05) is 13.8 Å². The molecule has 2 N–H and O–H groups in total. The second-order valence-electron chi connectivity index (χ2n) is 3.83. The third kappa shape index (κ3) is 4.85. The van der Waals surface area contributed by atoms with Crippen LogP contribution >= 0.6 is 15.9 Å². The maximum Gasteiger partial charge on any atom is 0.352 e. The Labute approximate surface area is 123 Å². The van der Waals surface area contributed by atoms with E-state index in [0.29, 0.717) is 15.8 Å². The topological polar surface area (TPSA) is 92.7 Å². The van der Waals surface area contributed by atoms with Gasteiger partial charge >= 0.3 is 11.9 Å². The van der Waals surface area contributed by atoms with Gasteiger partial charge in [0.1, 0.15) is 11.4 Å². The van der Waals surface area contributed by atoms with E-state index in [1.54, 1.807) is 12.1 Å². The van der Waals surface area contributed by atoms with Crippen LogP contribution in [0.15, 0.2) is 28.4 Å². The molecule has 0 saturated heterocycles. The molecular formula is C13H12BrNO5. The van der Waals surface area contributed by atoms with Crippen molar-refractivity contribution < 1.29 is 24.2 Å². The minimum Gasteiger partial charge on any atom is -0.477 e. The number of aliphatic carboxylic acids is 1. The number of carbonyl (C=O) groups excluding carboxylic acids is 2. The quantitative estimate of drug-likeness (QED) is 0.496. The number of ether oxygens (including phenoxy) is 1. The van der Waals surface area contributed by atoms with Crippen LogP contribution < -0.4 is 10.1 Å². The summed E-state index contributed by atoms with van der Waals surface area (Å²) in [7, 11) is 0. The summed E-state index contributed by atoms with van der Waals surface area (Å²) in [6.07, 6.45) is 1.30. The van der Waals surface area contributed by atoms with Crippen molar-refractivity contribution in [2.75, 3.05) is 0 Å². The molecule has 0 radical (unpaired) electrons. The van der Waals surface area contributed by atoms with Crippen molar-refractivity contribution in [2.45, 2.75) is 13.8 Å². The molecule has 0 aliphatic carbocycles. The summed E-state index contributed by atoms with van der Waals surface area (Å²) in [6, 6.07) is 4.65. The number of carbonyl (C=O) groups is 3. The molecule has 1 amide bonds. The van der Waals surface area contributed by atoms with Gasteiger partial charge in [0.25, 0.3) is 0 Å². The van der Waals surface area contributed by atoms with Crippen LogP contribution in [-0.4, -0.2) is 23.0 Å². The zero-order valence-corrected chi connectivity index (χ0v) is 12.4. The van der Waals surface area contributed by atoms with E-state index in [4.69, 9.17) is 9.84 Å². The Morgan fingerprint density at radius 2 is 1.95 bits per heavy atom. The van der Waals surface area contributed by atoms with Crippen LogP contribution in [0.25, 0.3) is 6.08 Å². The maximum atomic E-state index is 11.0. The fraction of sp³-hybridized carbons (Fsp3) is 0.154. The Kier molecular flexibility index (Phi) is 5.45. The van der Waals surface area contributed by atoms with Crippen LogP contribution in [0.5, 0.6) is 5.75 Å². The monoisotopic (exact) mass is 341 g/mol. The van der Waals surface area contributed by atoms with E-state index < -0.39 is 17.8 Å². The largest absolute Gasteiger partial charge is 0.477 e. The average molecular weight is 342 g/mol. The van der Waals surface area contributed by atoms with E-state index in [0.717, 1.165) is 0 Å². The third-order valence-electron chi connectivity index (χ3n) is 2.06. The molecule has 0 unspecified atom stereocenters. The number of hydrogen-bond donors (Lipinski definition) is 2. The lowest BCUT2D eigenvalue weighted by Gasteiger charge is -2.06. The number of nitrogens with one attached hydrogen (secondary N) is 1. The molecule has 0 aliphatic rings. The second kappa shape index (κ2) is 6.85. The molecule has 0 bridgehead atoms. The van der Waals surface area contributed by atoms with Crippen LogP contribution in [0.1, 0.15) is 19.4 Å². The first-order valence-corrected chi connectivity index (χ1v) is 6.29. The highest BCUT2D eigenvalue weighted by molar-refractivity contribution is 9.10. The Morgan fingerprint density at radius 1 is 1.30 bits per heavy atom. The van der Waals surface area contributed by atoms with Gasteiger partial charge in [-0.3, -0.25) is 9.59 Å². The molecule has 0 fully saturated rings.